The number of aryl methyl sites for hydroxylation is 2. The van der Waals surface area contributed by atoms with Crippen molar-refractivity contribution in [3.05, 3.63) is 88.8 Å². The van der Waals surface area contributed by atoms with Crippen LogP contribution in [0.1, 0.15) is 73.7 Å². The molecule has 1 aromatic carbocycles. The normalized spacial score (nSPS) is 19.1. The van der Waals surface area contributed by atoms with Crippen molar-refractivity contribution in [3.8, 4) is 0 Å². The van der Waals surface area contributed by atoms with Crippen molar-refractivity contribution in [2.45, 2.75) is 64.6 Å². The maximum Gasteiger partial charge on any atom is 0.124 e. The zero-order chi connectivity index (χ0) is 25.4. The molecule has 6 heteroatoms. The van der Waals surface area contributed by atoms with Crippen molar-refractivity contribution in [1.82, 2.24) is 19.9 Å². The van der Waals surface area contributed by atoms with E-state index in [0.717, 1.165) is 35.5 Å². The van der Waals surface area contributed by atoms with Gasteiger partial charge in [0.05, 0.1) is 5.69 Å². The number of aromatic nitrogens is 3. The Bertz CT molecular complexity index is 1170. The summed E-state index contributed by atoms with van der Waals surface area (Å²) in [6, 6.07) is 12.2. The van der Waals surface area contributed by atoms with Gasteiger partial charge in [0.2, 0.25) is 0 Å². The van der Waals surface area contributed by atoms with Crippen molar-refractivity contribution in [1.29, 1.82) is 0 Å². The lowest BCUT2D eigenvalue weighted by atomic mass is 9.62. The first-order chi connectivity index (χ1) is 16.4. The van der Waals surface area contributed by atoms with Gasteiger partial charge in [0.25, 0.3) is 0 Å². The van der Waals surface area contributed by atoms with Gasteiger partial charge in [0, 0.05) is 42.2 Å². The van der Waals surface area contributed by atoms with Crippen LogP contribution in [0.2, 0.25) is 0 Å². The molecule has 0 amide bonds. The first-order valence-corrected chi connectivity index (χ1v) is 12.4. The molecular formula is C29H38N4O2. The van der Waals surface area contributed by atoms with Crippen LogP contribution in [0.5, 0.6) is 0 Å². The van der Waals surface area contributed by atoms with Crippen molar-refractivity contribution in [3.63, 3.8) is 0 Å². The lowest BCUT2D eigenvalue weighted by Crippen LogP contribution is -2.63. The highest BCUT2D eigenvalue weighted by atomic mass is 16.3. The van der Waals surface area contributed by atoms with Gasteiger partial charge in [-0.25, -0.2) is 9.97 Å². The van der Waals surface area contributed by atoms with E-state index >= 15 is 0 Å². The Balaban J connectivity index is 1.65. The minimum atomic E-state index is -1.18. The van der Waals surface area contributed by atoms with Crippen LogP contribution < -0.4 is 0 Å². The van der Waals surface area contributed by atoms with Crippen LogP contribution in [-0.2, 0) is 17.6 Å². The molecule has 6 nitrogen and oxygen atoms in total. The van der Waals surface area contributed by atoms with E-state index in [2.05, 4.69) is 71.9 Å². The fourth-order valence-corrected chi connectivity index (χ4v) is 5.43. The van der Waals surface area contributed by atoms with E-state index in [1.54, 1.807) is 13.1 Å². The summed E-state index contributed by atoms with van der Waals surface area (Å²) in [6.07, 6.45) is 6.19. The summed E-state index contributed by atoms with van der Waals surface area (Å²) in [6.45, 7) is 11.8. The second kappa shape index (κ2) is 9.41. The molecule has 186 valence electrons. The summed E-state index contributed by atoms with van der Waals surface area (Å²) < 4.78 is 0. The van der Waals surface area contributed by atoms with E-state index in [4.69, 9.17) is 0 Å². The molecule has 0 bridgehead atoms. The first-order valence-electron chi connectivity index (χ1n) is 12.4. The zero-order valence-corrected chi connectivity index (χ0v) is 21.8. The highest BCUT2D eigenvalue weighted by Gasteiger charge is 2.55. The molecular weight excluding hydrogens is 436 g/mol. The quantitative estimate of drug-likeness (QED) is 0.506. The van der Waals surface area contributed by atoms with E-state index in [1.165, 1.54) is 11.9 Å². The highest BCUT2D eigenvalue weighted by Crippen LogP contribution is 2.50. The molecule has 1 fully saturated rings. The number of rotatable bonds is 8. The summed E-state index contributed by atoms with van der Waals surface area (Å²) in [5.74, 6) is 0.430. The number of hydrogen-bond donors (Lipinski definition) is 2. The van der Waals surface area contributed by atoms with Crippen molar-refractivity contribution >= 4 is 0 Å². The maximum atomic E-state index is 12.4. The van der Waals surface area contributed by atoms with Crippen LogP contribution in [-0.4, -0.2) is 50.2 Å². The molecule has 2 unspecified atom stereocenters. The minimum Gasteiger partial charge on any atom is -0.384 e. The van der Waals surface area contributed by atoms with Gasteiger partial charge in [0.15, 0.2) is 0 Å². The third kappa shape index (κ3) is 4.88. The van der Waals surface area contributed by atoms with E-state index in [1.807, 2.05) is 25.3 Å². The van der Waals surface area contributed by atoms with Gasteiger partial charge in [0.1, 0.15) is 17.5 Å². The molecule has 35 heavy (non-hydrogen) atoms. The van der Waals surface area contributed by atoms with Gasteiger partial charge in [-0.1, -0.05) is 45.0 Å². The van der Waals surface area contributed by atoms with Gasteiger partial charge in [-0.15, -0.1) is 0 Å². The van der Waals surface area contributed by atoms with Gasteiger partial charge >= 0.3 is 0 Å². The fraction of sp³-hybridized carbons (Fsp3) is 0.483. The molecule has 2 atom stereocenters. The molecule has 4 rings (SSSR count). The summed E-state index contributed by atoms with van der Waals surface area (Å²) >= 11 is 0. The molecule has 0 aliphatic carbocycles. The largest absolute Gasteiger partial charge is 0.384 e. The summed E-state index contributed by atoms with van der Waals surface area (Å²) in [4.78, 5) is 15.2. The average molecular weight is 475 g/mol. The Hall–Kier alpha value is -2.67. The average Bonchev–Trinajstić information content (AvgIpc) is 2.81. The van der Waals surface area contributed by atoms with Crippen LogP contribution in [0.3, 0.4) is 0 Å². The number of pyridine rings is 1. The molecule has 1 aliphatic heterocycles. The summed E-state index contributed by atoms with van der Waals surface area (Å²) in [5.41, 5.74) is 2.74. The molecule has 2 aromatic heterocycles. The van der Waals surface area contributed by atoms with Crippen LogP contribution in [0.4, 0.5) is 0 Å². The van der Waals surface area contributed by atoms with Crippen molar-refractivity contribution < 1.29 is 10.2 Å². The van der Waals surface area contributed by atoms with Gasteiger partial charge in [-0.05, 0) is 68.5 Å². The Morgan fingerprint density at radius 2 is 1.71 bits per heavy atom. The summed E-state index contributed by atoms with van der Waals surface area (Å²) in [7, 11) is 2.08. The SMILES string of the molecule is Cc1cc(C(C)(O)CCc2cncc(C(O)(c3ccc(C(C)C)cc3)C3(C)CN(C)C3)c2)ncn1. The molecule has 3 aromatic rings. The topological polar surface area (TPSA) is 82.4 Å². The highest BCUT2D eigenvalue weighted by molar-refractivity contribution is 5.42. The first kappa shape index (κ1) is 25.4. The molecule has 3 heterocycles. The predicted molar refractivity (Wildman–Crippen MR) is 138 cm³/mol. The molecule has 1 aliphatic rings. The smallest absolute Gasteiger partial charge is 0.124 e. The number of hydrogen-bond acceptors (Lipinski definition) is 6. The van der Waals surface area contributed by atoms with E-state index in [9.17, 15) is 10.2 Å². The van der Waals surface area contributed by atoms with Gasteiger partial charge < -0.3 is 15.1 Å². The molecule has 1 saturated heterocycles. The second-order valence-corrected chi connectivity index (χ2v) is 11.1. The lowest BCUT2D eigenvalue weighted by Gasteiger charge is -2.56. The lowest BCUT2D eigenvalue weighted by molar-refractivity contribution is -0.127. The Labute approximate surface area is 209 Å². The maximum absolute atomic E-state index is 12.4. The number of nitrogens with zero attached hydrogens (tertiary/aromatic N) is 4. The van der Waals surface area contributed by atoms with Crippen molar-refractivity contribution in [2.75, 3.05) is 20.1 Å². The standard InChI is InChI=1S/C29H38N4O2/c1-20(2)23-7-9-24(10-8-23)29(35,27(4)17-33(6)18-27)25-14-22(15-30-16-25)11-12-28(5,34)26-13-21(3)31-19-32-26/h7-10,13-16,19-20,34-35H,11-12,17-18H2,1-6H3. The van der Waals surface area contributed by atoms with E-state index in [0.29, 0.717) is 24.5 Å². The van der Waals surface area contributed by atoms with Crippen LogP contribution >= 0.6 is 0 Å². The summed E-state index contributed by atoms with van der Waals surface area (Å²) in [5, 5.41) is 23.5. The fourth-order valence-electron chi connectivity index (χ4n) is 5.43. The Kier molecular flexibility index (Phi) is 6.84. The van der Waals surface area contributed by atoms with E-state index < -0.39 is 11.2 Å². The predicted octanol–water partition coefficient (Wildman–Crippen LogP) is 4.33. The van der Waals surface area contributed by atoms with E-state index in [-0.39, 0.29) is 5.41 Å². The second-order valence-electron chi connectivity index (χ2n) is 11.1. The van der Waals surface area contributed by atoms with Gasteiger partial charge in [-0.3, -0.25) is 4.98 Å². The molecule has 2 N–H and O–H groups in total. The third-order valence-electron chi connectivity index (χ3n) is 7.58. The molecule has 0 radical (unpaired) electrons. The Morgan fingerprint density at radius 1 is 1.03 bits per heavy atom. The van der Waals surface area contributed by atoms with Crippen LogP contribution in [0.15, 0.2) is 55.1 Å². The van der Waals surface area contributed by atoms with Gasteiger partial charge in [-0.2, -0.15) is 0 Å². The molecule has 0 spiro atoms. The monoisotopic (exact) mass is 474 g/mol. The van der Waals surface area contributed by atoms with Crippen LogP contribution in [0, 0.1) is 12.3 Å². The minimum absolute atomic E-state index is 0.342. The number of likely N-dealkylation sites (tertiary alicyclic amines) is 1. The number of benzene rings is 1. The van der Waals surface area contributed by atoms with Crippen molar-refractivity contribution in [2.24, 2.45) is 5.41 Å². The number of aliphatic hydroxyl groups is 2. The van der Waals surface area contributed by atoms with Crippen LogP contribution in [0.25, 0.3) is 0 Å². The zero-order valence-electron chi connectivity index (χ0n) is 21.8. The Morgan fingerprint density at radius 3 is 2.31 bits per heavy atom. The molecule has 0 saturated carbocycles. The third-order valence-corrected chi connectivity index (χ3v) is 7.58.